The lowest BCUT2D eigenvalue weighted by molar-refractivity contribution is -0.140. The molecule has 0 amide bonds. The van der Waals surface area contributed by atoms with Gasteiger partial charge in [0.1, 0.15) is 10.1 Å². The summed E-state index contributed by atoms with van der Waals surface area (Å²) in [6, 6.07) is 0. The number of hydrogen-bond acceptors (Lipinski definition) is 6. The number of aryl methyl sites for hydroxylation is 2. The number of methoxy groups -OCH3 is 1. The van der Waals surface area contributed by atoms with E-state index in [1.54, 1.807) is 22.0 Å². The molecule has 1 unspecified atom stereocenters. The molecule has 2 heterocycles. The van der Waals surface area contributed by atoms with Gasteiger partial charge in [0.2, 0.25) is 0 Å². The lowest BCUT2D eigenvalue weighted by Crippen LogP contribution is -2.25. The standard InChI is InChI=1S/C19H24N2O3S2/c1-4-11-21-17(22)15-12-9-7-6-8-10-14(12)25-16(15)20-19(21)26-13(5-2)18(23)24-3/h4,13H,1,5-11H2,2-3H3. The fourth-order valence-electron chi connectivity index (χ4n) is 3.33. The Hall–Kier alpha value is -1.60. The molecule has 0 spiro atoms. The van der Waals surface area contributed by atoms with Gasteiger partial charge in [0.05, 0.1) is 12.5 Å². The average Bonchev–Trinajstić information content (AvgIpc) is 2.83. The largest absolute Gasteiger partial charge is 0.468 e. The summed E-state index contributed by atoms with van der Waals surface area (Å²) in [6.45, 7) is 6.08. The highest BCUT2D eigenvalue weighted by Gasteiger charge is 2.25. The first-order chi connectivity index (χ1) is 12.6. The third kappa shape index (κ3) is 3.60. The summed E-state index contributed by atoms with van der Waals surface area (Å²) in [5.41, 5.74) is 1.17. The van der Waals surface area contributed by atoms with Crippen molar-refractivity contribution >= 4 is 39.3 Å². The van der Waals surface area contributed by atoms with Crippen LogP contribution in [0.2, 0.25) is 0 Å². The molecule has 1 aliphatic carbocycles. The molecular weight excluding hydrogens is 368 g/mol. The van der Waals surface area contributed by atoms with E-state index in [9.17, 15) is 9.59 Å². The number of aromatic nitrogens is 2. The van der Waals surface area contributed by atoms with E-state index in [4.69, 9.17) is 9.72 Å². The minimum Gasteiger partial charge on any atom is -0.468 e. The Balaban J connectivity index is 2.14. The third-order valence-corrected chi connectivity index (χ3v) is 7.20. The summed E-state index contributed by atoms with van der Waals surface area (Å²) >= 11 is 2.94. The van der Waals surface area contributed by atoms with Gasteiger partial charge < -0.3 is 4.74 Å². The summed E-state index contributed by atoms with van der Waals surface area (Å²) in [5, 5.41) is 0.957. The second-order valence-electron chi connectivity index (χ2n) is 6.38. The van der Waals surface area contributed by atoms with Crippen molar-refractivity contribution in [3.05, 3.63) is 33.4 Å². The molecule has 3 rings (SSSR count). The van der Waals surface area contributed by atoms with Crippen LogP contribution in [0.1, 0.15) is 43.0 Å². The highest BCUT2D eigenvalue weighted by Crippen LogP contribution is 2.35. The van der Waals surface area contributed by atoms with Crippen molar-refractivity contribution in [1.82, 2.24) is 9.55 Å². The van der Waals surface area contributed by atoms with Gasteiger partial charge in [-0.1, -0.05) is 31.2 Å². The van der Waals surface area contributed by atoms with Crippen molar-refractivity contribution in [3.63, 3.8) is 0 Å². The van der Waals surface area contributed by atoms with E-state index in [1.165, 1.54) is 42.2 Å². The zero-order valence-electron chi connectivity index (χ0n) is 15.2. The molecule has 1 atom stereocenters. The van der Waals surface area contributed by atoms with Crippen molar-refractivity contribution in [2.45, 2.75) is 62.4 Å². The maximum atomic E-state index is 13.2. The van der Waals surface area contributed by atoms with Gasteiger partial charge in [-0.15, -0.1) is 17.9 Å². The van der Waals surface area contributed by atoms with E-state index in [-0.39, 0.29) is 16.8 Å². The van der Waals surface area contributed by atoms with Crippen LogP contribution in [0, 0.1) is 0 Å². The Bertz CT molecular complexity index is 885. The number of carbonyl (C=O) groups excluding carboxylic acids is 1. The number of nitrogens with zero attached hydrogens (tertiary/aromatic N) is 2. The SMILES string of the molecule is C=CCn1c(SC(CC)C(=O)OC)nc2sc3c(c2c1=O)CCCCC3. The number of ether oxygens (including phenoxy) is 1. The third-order valence-electron chi connectivity index (χ3n) is 4.68. The van der Waals surface area contributed by atoms with E-state index < -0.39 is 0 Å². The van der Waals surface area contributed by atoms with Gasteiger partial charge in [0, 0.05) is 11.4 Å². The molecular formula is C19H24N2O3S2. The lowest BCUT2D eigenvalue weighted by atomic mass is 10.1. The molecule has 0 N–H and O–H groups in total. The molecule has 0 bridgehead atoms. The fourth-order valence-corrected chi connectivity index (χ4v) is 5.69. The van der Waals surface area contributed by atoms with Crippen LogP contribution in [0.15, 0.2) is 22.6 Å². The van der Waals surface area contributed by atoms with Gasteiger partial charge in [0.25, 0.3) is 5.56 Å². The van der Waals surface area contributed by atoms with Gasteiger partial charge in [-0.05, 0) is 37.7 Å². The summed E-state index contributed by atoms with van der Waals surface area (Å²) in [6.07, 6.45) is 7.79. The number of fused-ring (bicyclic) bond motifs is 3. The Labute approximate surface area is 161 Å². The van der Waals surface area contributed by atoms with E-state index in [1.807, 2.05) is 6.92 Å². The topological polar surface area (TPSA) is 61.2 Å². The zero-order valence-corrected chi connectivity index (χ0v) is 16.9. The maximum absolute atomic E-state index is 13.2. The number of hydrogen-bond donors (Lipinski definition) is 0. The van der Waals surface area contributed by atoms with E-state index >= 15 is 0 Å². The molecule has 2 aromatic heterocycles. The number of rotatable bonds is 6. The van der Waals surface area contributed by atoms with E-state index in [0.717, 1.165) is 29.5 Å². The van der Waals surface area contributed by atoms with Gasteiger partial charge in [-0.25, -0.2) is 4.98 Å². The van der Waals surface area contributed by atoms with Crippen LogP contribution >= 0.6 is 23.1 Å². The molecule has 0 radical (unpaired) electrons. The maximum Gasteiger partial charge on any atom is 0.319 e. The number of esters is 1. The van der Waals surface area contributed by atoms with Gasteiger partial charge in [-0.3, -0.25) is 14.2 Å². The summed E-state index contributed by atoms with van der Waals surface area (Å²) < 4.78 is 6.52. The number of thioether (sulfide) groups is 1. The van der Waals surface area contributed by atoms with Crippen LogP contribution in [-0.4, -0.2) is 27.9 Å². The molecule has 0 fully saturated rings. The minimum absolute atomic E-state index is 0.0171. The monoisotopic (exact) mass is 392 g/mol. The molecule has 26 heavy (non-hydrogen) atoms. The van der Waals surface area contributed by atoms with Crippen molar-refractivity contribution < 1.29 is 9.53 Å². The number of carbonyl (C=O) groups is 1. The Morgan fingerprint density at radius 3 is 2.88 bits per heavy atom. The normalized spacial score (nSPS) is 15.3. The van der Waals surface area contributed by atoms with Gasteiger partial charge in [0.15, 0.2) is 5.16 Å². The molecule has 0 aromatic carbocycles. The predicted octanol–water partition coefficient (Wildman–Crippen LogP) is 3.96. The van der Waals surface area contributed by atoms with Crippen LogP contribution < -0.4 is 5.56 Å². The lowest BCUT2D eigenvalue weighted by Gasteiger charge is -2.15. The van der Waals surface area contributed by atoms with Crippen molar-refractivity contribution in [1.29, 1.82) is 0 Å². The average molecular weight is 393 g/mol. The van der Waals surface area contributed by atoms with Crippen LogP contribution in [0.5, 0.6) is 0 Å². The van der Waals surface area contributed by atoms with Crippen LogP contribution in [-0.2, 0) is 28.9 Å². The summed E-state index contributed by atoms with van der Waals surface area (Å²) in [7, 11) is 1.38. The predicted molar refractivity (Wildman–Crippen MR) is 107 cm³/mol. The van der Waals surface area contributed by atoms with E-state index in [0.29, 0.717) is 18.1 Å². The van der Waals surface area contributed by atoms with E-state index in [2.05, 4.69) is 6.58 Å². The quantitative estimate of drug-likeness (QED) is 0.245. The molecule has 7 heteroatoms. The zero-order chi connectivity index (χ0) is 18.7. The second kappa shape index (κ2) is 8.39. The molecule has 2 aromatic rings. The summed E-state index contributed by atoms with van der Waals surface area (Å²) in [5.74, 6) is -0.293. The molecule has 140 valence electrons. The highest BCUT2D eigenvalue weighted by molar-refractivity contribution is 8.00. The number of allylic oxidation sites excluding steroid dienone is 1. The van der Waals surface area contributed by atoms with Crippen molar-refractivity contribution in [3.8, 4) is 0 Å². The smallest absolute Gasteiger partial charge is 0.319 e. The Kier molecular flexibility index (Phi) is 6.19. The first-order valence-electron chi connectivity index (χ1n) is 9.01. The van der Waals surface area contributed by atoms with Crippen molar-refractivity contribution in [2.24, 2.45) is 0 Å². The van der Waals surface area contributed by atoms with Crippen molar-refractivity contribution in [2.75, 3.05) is 7.11 Å². The molecule has 0 saturated carbocycles. The van der Waals surface area contributed by atoms with Crippen LogP contribution in [0.4, 0.5) is 0 Å². The highest BCUT2D eigenvalue weighted by atomic mass is 32.2. The molecule has 0 saturated heterocycles. The van der Waals surface area contributed by atoms with Gasteiger partial charge >= 0.3 is 5.97 Å². The summed E-state index contributed by atoms with van der Waals surface area (Å²) in [4.78, 5) is 32.1. The minimum atomic E-state index is -0.377. The second-order valence-corrected chi connectivity index (χ2v) is 8.63. The van der Waals surface area contributed by atoms with Crippen LogP contribution in [0.25, 0.3) is 10.2 Å². The molecule has 5 nitrogen and oxygen atoms in total. The number of thiophene rings is 1. The Morgan fingerprint density at radius 2 is 2.19 bits per heavy atom. The first-order valence-corrected chi connectivity index (χ1v) is 10.7. The molecule has 1 aliphatic rings. The van der Waals surface area contributed by atoms with Crippen LogP contribution in [0.3, 0.4) is 0 Å². The Morgan fingerprint density at radius 1 is 1.42 bits per heavy atom. The van der Waals surface area contributed by atoms with Gasteiger partial charge in [-0.2, -0.15) is 0 Å². The fraction of sp³-hybridized carbons (Fsp3) is 0.526. The first kappa shape index (κ1) is 19.2. The molecule has 0 aliphatic heterocycles.